The molecule has 4 heteroatoms. The molecule has 1 amide bonds. The van der Waals surface area contributed by atoms with Crippen molar-refractivity contribution in [2.24, 2.45) is 0 Å². The normalized spacial score (nSPS) is 14.1. The van der Waals surface area contributed by atoms with Gasteiger partial charge >= 0.3 is 0 Å². The van der Waals surface area contributed by atoms with Crippen molar-refractivity contribution in [3.05, 3.63) is 29.3 Å². The lowest BCUT2D eigenvalue weighted by molar-refractivity contribution is -0.118. The quantitative estimate of drug-likeness (QED) is 0.748. The average Bonchev–Trinajstić information content (AvgIpc) is 2.56. The molecule has 84 valence electrons. The van der Waals surface area contributed by atoms with Gasteiger partial charge in [0.1, 0.15) is 6.29 Å². The Labute approximate surface area is 94.2 Å². The molecule has 1 heterocycles. The van der Waals surface area contributed by atoms with Crippen LogP contribution in [0.5, 0.6) is 0 Å². The van der Waals surface area contributed by atoms with Crippen LogP contribution in [0.4, 0.5) is 5.69 Å². The summed E-state index contributed by atoms with van der Waals surface area (Å²) >= 11 is 0. The van der Waals surface area contributed by atoms with Crippen molar-refractivity contribution in [3.63, 3.8) is 0 Å². The lowest BCUT2D eigenvalue weighted by Gasteiger charge is -2.13. The molecule has 1 aromatic carbocycles. The van der Waals surface area contributed by atoms with E-state index in [1.165, 1.54) is 4.90 Å². The molecule has 0 aliphatic carbocycles. The third-order valence-corrected chi connectivity index (χ3v) is 2.72. The van der Waals surface area contributed by atoms with Gasteiger partial charge in [-0.3, -0.25) is 4.79 Å². The molecule has 0 saturated heterocycles. The number of nitrogens with zero attached hydrogens (tertiary/aromatic N) is 1. The fourth-order valence-corrected chi connectivity index (χ4v) is 2.03. The van der Waals surface area contributed by atoms with Crippen LogP contribution in [-0.4, -0.2) is 25.8 Å². The summed E-state index contributed by atoms with van der Waals surface area (Å²) in [6.07, 6.45) is 1.16. The number of nitrogens with one attached hydrogen (secondary N) is 1. The highest BCUT2D eigenvalue weighted by Gasteiger charge is 2.26. The maximum Gasteiger partial charge on any atom is 0.231 e. The van der Waals surface area contributed by atoms with Gasteiger partial charge in [0.15, 0.2) is 0 Å². The van der Waals surface area contributed by atoms with Gasteiger partial charge in [-0.2, -0.15) is 0 Å². The van der Waals surface area contributed by atoms with Crippen molar-refractivity contribution in [2.75, 3.05) is 18.5 Å². The van der Waals surface area contributed by atoms with Gasteiger partial charge in [-0.05, 0) is 24.2 Å². The fraction of sp³-hybridized carbons (Fsp3) is 0.333. The minimum absolute atomic E-state index is 0.00343. The zero-order valence-electron chi connectivity index (χ0n) is 9.19. The van der Waals surface area contributed by atoms with Crippen LogP contribution in [0.2, 0.25) is 0 Å². The van der Waals surface area contributed by atoms with E-state index in [0.717, 1.165) is 29.6 Å². The van der Waals surface area contributed by atoms with Gasteiger partial charge in [-0.1, -0.05) is 12.1 Å². The molecule has 1 N–H and O–H groups in total. The molecular formula is C12H14N2O2. The Balaban J connectivity index is 2.30. The van der Waals surface area contributed by atoms with E-state index in [1.54, 1.807) is 0 Å². The summed E-state index contributed by atoms with van der Waals surface area (Å²) in [5.41, 5.74) is 3.04. The highest BCUT2D eigenvalue weighted by Crippen LogP contribution is 2.29. The first-order valence-corrected chi connectivity index (χ1v) is 5.26. The van der Waals surface area contributed by atoms with Gasteiger partial charge in [0.2, 0.25) is 5.91 Å². The molecule has 0 bridgehead atoms. The molecule has 0 fully saturated rings. The molecule has 0 spiro atoms. The van der Waals surface area contributed by atoms with E-state index < -0.39 is 0 Å². The predicted molar refractivity (Wildman–Crippen MR) is 61.3 cm³/mol. The molecule has 1 aromatic rings. The maximum atomic E-state index is 11.6. The van der Waals surface area contributed by atoms with Gasteiger partial charge < -0.3 is 15.0 Å². The highest BCUT2D eigenvalue weighted by molar-refractivity contribution is 6.03. The Kier molecular flexibility index (Phi) is 3.01. The molecular weight excluding hydrogens is 204 g/mol. The number of amides is 1. The van der Waals surface area contributed by atoms with E-state index in [0.29, 0.717) is 6.42 Å². The zero-order chi connectivity index (χ0) is 11.5. The van der Waals surface area contributed by atoms with Crippen molar-refractivity contribution in [1.82, 2.24) is 5.32 Å². The number of anilines is 1. The standard InChI is InChI=1S/C12H14N2O2/c1-13-8-9-2-3-11-10(6-9)7-12(16)14(11)4-5-15/h2-3,5-6,13H,4,7-8H2,1H3. The second-order valence-electron chi connectivity index (χ2n) is 3.84. The van der Waals surface area contributed by atoms with Crippen molar-refractivity contribution in [1.29, 1.82) is 0 Å². The molecule has 0 saturated carbocycles. The largest absolute Gasteiger partial charge is 0.316 e. The Morgan fingerprint density at radius 2 is 2.31 bits per heavy atom. The van der Waals surface area contributed by atoms with Crippen molar-refractivity contribution < 1.29 is 9.59 Å². The van der Waals surface area contributed by atoms with E-state index in [1.807, 2.05) is 25.2 Å². The van der Waals surface area contributed by atoms with E-state index in [4.69, 9.17) is 0 Å². The molecule has 16 heavy (non-hydrogen) atoms. The number of hydrogen-bond donors (Lipinski definition) is 1. The summed E-state index contributed by atoms with van der Waals surface area (Å²) in [5.74, 6) is 0.00343. The lowest BCUT2D eigenvalue weighted by Crippen LogP contribution is -2.28. The maximum absolute atomic E-state index is 11.6. The Hall–Kier alpha value is -1.68. The molecule has 4 nitrogen and oxygen atoms in total. The van der Waals surface area contributed by atoms with Gasteiger partial charge in [-0.15, -0.1) is 0 Å². The molecule has 0 aromatic heterocycles. The van der Waals surface area contributed by atoms with E-state index in [9.17, 15) is 9.59 Å². The first kappa shape index (κ1) is 10.8. The van der Waals surface area contributed by atoms with Crippen LogP contribution >= 0.6 is 0 Å². The summed E-state index contributed by atoms with van der Waals surface area (Å²) in [7, 11) is 1.89. The third-order valence-electron chi connectivity index (χ3n) is 2.72. The van der Waals surface area contributed by atoms with Crippen molar-refractivity contribution >= 4 is 17.9 Å². The second-order valence-corrected chi connectivity index (χ2v) is 3.84. The third kappa shape index (κ3) is 1.84. The van der Waals surface area contributed by atoms with Gasteiger partial charge in [0.25, 0.3) is 0 Å². The summed E-state index contributed by atoms with van der Waals surface area (Å²) in [4.78, 5) is 23.7. The summed E-state index contributed by atoms with van der Waals surface area (Å²) in [6, 6.07) is 5.91. The minimum Gasteiger partial charge on any atom is -0.316 e. The predicted octanol–water partition coefficient (Wildman–Crippen LogP) is 0.494. The smallest absolute Gasteiger partial charge is 0.231 e. The molecule has 1 aliphatic rings. The minimum atomic E-state index is 0.00343. The van der Waals surface area contributed by atoms with Crippen LogP contribution in [0, 0.1) is 0 Å². The first-order chi connectivity index (χ1) is 7.76. The Morgan fingerprint density at radius 1 is 1.50 bits per heavy atom. The number of hydrogen-bond acceptors (Lipinski definition) is 3. The fourth-order valence-electron chi connectivity index (χ4n) is 2.03. The van der Waals surface area contributed by atoms with Crippen LogP contribution in [0.1, 0.15) is 11.1 Å². The number of fused-ring (bicyclic) bond motifs is 1. The second kappa shape index (κ2) is 4.45. The monoisotopic (exact) mass is 218 g/mol. The topological polar surface area (TPSA) is 49.4 Å². The molecule has 0 atom stereocenters. The van der Waals surface area contributed by atoms with Crippen LogP contribution in [-0.2, 0) is 22.6 Å². The molecule has 0 unspecified atom stereocenters. The first-order valence-electron chi connectivity index (χ1n) is 5.26. The van der Waals surface area contributed by atoms with Crippen LogP contribution in [0.15, 0.2) is 18.2 Å². The van der Waals surface area contributed by atoms with Gasteiger partial charge in [0, 0.05) is 12.2 Å². The summed E-state index contributed by atoms with van der Waals surface area (Å²) in [6.45, 7) is 0.937. The van der Waals surface area contributed by atoms with Crippen LogP contribution < -0.4 is 10.2 Å². The number of rotatable bonds is 4. The lowest BCUT2D eigenvalue weighted by atomic mass is 10.1. The van der Waals surface area contributed by atoms with Gasteiger partial charge in [0.05, 0.1) is 13.0 Å². The molecule has 1 aliphatic heterocycles. The van der Waals surface area contributed by atoms with Crippen LogP contribution in [0.25, 0.3) is 0 Å². The number of carbonyl (C=O) groups excluding carboxylic acids is 2. The number of aldehydes is 1. The Morgan fingerprint density at radius 3 is 3.00 bits per heavy atom. The van der Waals surface area contributed by atoms with Crippen molar-refractivity contribution in [2.45, 2.75) is 13.0 Å². The highest BCUT2D eigenvalue weighted by atomic mass is 16.2. The van der Waals surface area contributed by atoms with E-state index in [2.05, 4.69) is 5.32 Å². The summed E-state index contributed by atoms with van der Waals surface area (Å²) in [5, 5.41) is 3.07. The van der Waals surface area contributed by atoms with E-state index in [-0.39, 0.29) is 12.5 Å². The average molecular weight is 218 g/mol. The SMILES string of the molecule is CNCc1ccc2c(c1)CC(=O)N2CC=O. The molecule has 0 radical (unpaired) electrons. The summed E-state index contributed by atoms with van der Waals surface area (Å²) < 4.78 is 0. The number of carbonyl (C=O) groups is 2. The Bertz CT molecular complexity index is 429. The van der Waals surface area contributed by atoms with Gasteiger partial charge in [-0.25, -0.2) is 0 Å². The molecule has 2 rings (SSSR count). The van der Waals surface area contributed by atoms with Crippen molar-refractivity contribution in [3.8, 4) is 0 Å². The zero-order valence-corrected chi connectivity index (χ0v) is 9.19. The number of benzene rings is 1. The van der Waals surface area contributed by atoms with E-state index >= 15 is 0 Å². The van der Waals surface area contributed by atoms with Crippen LogP contribution in [0.3, 0.4) is 0 Å².